The van der Waals surface area contributed by atoms with E-state index in [4.69, 9.17) is 0 Å². The normalized spacial score (nSPS) is 10.5. The molecule has 2 aromatic rings. The van der Waals surface area contributed by atoms with Gasteiger partial charge in [0, 0.05) is 20.3 Å². The number of hydrogen-bond acceptors (Lipinski definition) is 3. The number of aromatic nitrogens is 1. The number of rotatable bonds is 4. The minimum Gasteiger partial charge on any atom is -0.380 e. The summed E-state index contributed by atoms with van der Waals surface area (Å²) in [6.45, 7) is 5.12. The Labute approximate surface area is 120 Å². The van der Waals surface area contributed by atoms with E-state index in [1.807, 2.05) is 6.20 Å². The van der Waals surface area contributed by atoms with Gasteiger partial charge in [0.05, 0.1) is 11.6 Å². The molecule has 17 heavy (non-hydrogen) atoms. The highest BCUT2D eigenvalue weighted by Crippen LogP contribution is 2.19. The first kappa shape index (κ1) is 12.8. The van der Waals surface area contributed by atoms with Gasteiger partial charge in [0.15, 0.2) is 0 Å². The first-order valence-corrected chi connectivity index (χ1v) is 7.52. The van der Waals surface area contributed by atoms with Crippen molar-refractivity contribution in [2.24, 2.45) is 0 Å². The second-order valence-corrected chi connectivity index (χ2v) is 6.25. The summed E-state index contributed by atoms with van der Waals surface area (Å²) in [7, 11) is 0. The van der Waals surface area contributed by atoms with Gasteiger partial charge in [-0.1, -0.05) is 13.0 Å². The number of nitrogens with zero attached hydrogens (tertiary/aromatic N) is 1. The summed E-state index contributed by atoms with van der Waals surface area (Å²) < 4.78 is 1.30. The van der Waals surface area contributed by atoms with Crippen molar-refractivity contribution in [1.29, 1.82) is 0 Å². The minimum atomic E-state index is 0.858. The molecule has 0 aliphatic carbocycles. The molecule has 0 fully saturated rings. The maximum atomic E-state index is 4.36. The molecular weight excluding hydrogens is 343 g/mol. The van der Waals surface area contributed by atoms with Crippen LogP contribution in [0.25, 0.3) is 0 Å². The van der Waals surface area contributed by atoms with Crippen LogP contribution in [0.3, 0.4) is 0 Å². The molecule has 0 amide bonds. The molecular formula is C13H15IN2S. The molecule has 1 N–H and O–H groups in total. The second kappa shape index (κ2) is 5.82. The third-order valence-electron chi connectivity index (χ3n) is 2.54. The van der Waals surface area contributed by atoms with Crippen LogP contribution in [0, 0.1) is 10.5 Å². The lowest BCUT2D eigenvalue weighted by molar-refractivity contribution is 1.09. The van der Waals surface area contributed by atoms with Gasteiger partial charge in [0.25, 0.3) is 0 Å². The molecule has 2 rings (SSSR count). The largest absolute Gasteiger partial charge is 0.380 e. The van der Waals surface area contributed by atoms with E-state index in [-0.39, 0.29) is 0 Å². The van der Waals surface area contributed by atoms with Gasteiger partial charge >= 0.3 is 0 Å². The summed E-state index contributed by atoms with van der Waals surface area (Å²) in [6, 6.07) is 6.45. The Morgan fingerprint density at radius 1 is 1.41 bits per heavy atom. The fourth-order valence-corrected chi connectivity index (χ4v) is 2.80. The molecule has 1 aromatic carbocycles. The van der Waals surface area contributed by atoms with E-state index in [2.05, 4.69) is 64.9 Å². The number of halogens is 1. The lowest BCUT2D eigenvalue weighted by Gasteiger charge is -2.06. The number of benzene rings is 1. The van der Waals surface area contributed by atoms with Crippen LogP contribution in [0.2, 0.25) is 0 Å². The lowest BCUT2D eigenvalue weighted by Crippen LogP contribution is -1.97. The molecule has 0 unspecified atom stereocenters. The first-order valence-electron chi connectivity index (χ1n) is 5.62. The van der Waals surface area contributed by atoms with Crippen LogP contribution in [0.5, 0.6) is 0 Å². The van der Waals surface area contributed by atoms with E-state index >= 15 is 0 Å². The molecule has 0 bridgehead atoms. The Kier molecular flexibility index (Phi) is 4.39. The van der Waals surface area contributed by atoms with Crippen molar-refractivity contribution in [3.8, 4) is 0 Å². The molecule has 0 aliphatic rings. The molecule has 90 valence electrons. The Morgan fingerprint density at radius 2 is 2.24 bits per heavy atom. The summed E-state index contributed by atoms with van der Waals surface area (Å²) in [5, 5.41) is 4.64. The summed E-state index contributed by atoms with van der Waals surface area (Å²) in [5.41, 5.74) is 2.49. The average Bonchev–Trinajstić information content (AvgIpc) is 2.79. The van der Waals surface area contributed by atoms with Gasteiger partial charge in [-0.2, -0.15) is 0 Å². The Balaban J connectivity index is 1.99. The zero-order valence-corrected chi connectivity index (χ0v) is 12.9. The molecule has 4 heteroatoms. The Hall–Kier alpha value is -0.620. The summed E-state index contributed by atoms with van der Waals surface area (Å²) in [5.74, 6) is 0. The highest BCUT2D eigenvalue weighted by molar-refractivity contribution is 14.1. The quantitative estimate of drug-likeness (QED) is 0.828. The van der Waals surface area contributed by atoms with Crippen LogP contribution in [0.15, 0.2) is 24.4 Å². The number of hydrogen-bond donors (Lipinski definition) is 1. The second-order valence-electron chi connectivity index (χ2n) is 3.89. The van der Waals surface area contributed by atoms with Crippen molar-refractivity contribution in [3.05, 3.63) is 43.4 Å². The van der Waals surface area contributed by atoms with E-state index < -0.39 is 0 Å². The molecule has 0 saturated heterocycles. The molecule has 0 saturated carbocycles. The monoisotopic (exact) mass is 358 g/mol. The maximum absolute atomic E-state index is 4.36. The highest BCUT2D eigenvalue weighted by atomic mass is 127. The zero-order valence-electron chi connectivity index (χ0n) is 9.96. The predicted molar refractivity (Wildman–Crippen MR) is 82.7 cm³/mol. The molecule has 1 aromatic heterocycles. The summed E-state index contributed by atoms with van der Waals surface area (Å²) in [4.78, 5) is 5.64. The van der Waals surface area contributed by atoms with E-state index in [0.717, 1.165) is 13.0 Å². The van der Waals surface area contributed by atoms with Crippen LogP contribution in [-0.4, -0.2) is 4.98 Å². The standard InChI is InChI=1S/C13H15IN2S/c1-3-13-16-8-11(17-13)7-15-10-5-4-9(2)12(14)6-10/h4-6,8,15H,3,7H2,1-2H3. The Morgan fingerprint density at radius 3 is 2.88 bits per heavy atom. The predicted octanol–water partition coefficient (Wildman–Crippen LogP) is 4.23. The summed E-state index contributed by atoms with van der Waals surface area (Å²) >= 11 is 4.15. The van der Waals surface area contributed by atoms with Gasteiger partial charge in [-0.3, -0.25) is 0 Å². The Bertz CT molecular complexity index is 508. The topological polar surface area (TPSA) is 24.9 Å². The average molecular weight is 358 g/mol. The van der Waals surface area contributed by atoms with Crippen LogP contribution in [-0.2, 0) is 13.0 Å². The van der Waals surface area contributed by atoms with Crippen molar-refractivity contribution in [3.63, 3.8) is 0 Å². The van der Waals surface area contributed by atoms with E-state index in [1.165, 1.54) is 24.7 Å². The van der Waals surface area contributed by atoms with Gasteiger partial charge < -0.3 is 5.32 Å². The fourth-order valence-electron chi connectivity index (χ4n) is 1.49. The minimum absolute atomic E-state index is 0.858. The third kappa shape index (κ3) is 3.42. The molecule has 1 heterocycles. The third-order valence-corrected chi connectivity index (χ3v) is 4.85. The molecule has 0 radical (unpaired) electrons. The molecule has 0 spiro atoms. The van der Waals surface area contributed by atoms with Gasteiger partial charge in [-0.05, 0) is 53.6 Å². The van der Waals surface area contributed by atoms with Crippen LogP contribution in [0.4, 0.5) is 5.69 Å². The zero-order chi connectivity index (χ0) is 12.3. The van der Waals surface area contributed by atoms with Crippen LogP contribution in [0.1, 0.15) is 22.4 Å². The smallest absolute Gasteiger partial charge is 0.0925 e. The molecule has 0 aliphatic heterocycles. The van der Waals surface area contributed by atoms with Gasteiger partial charge in [-0.25, -0.2) is 4.98 Å². The highest BCUT2D eigenvalue weighted by Gasteiger charge is 2.01. The van der Waals surface area contributed by atoms with Crippen molar-refractivity contribution in [2.45, 2.75) is 26.8 Å². The van der Waals surface area contributed by atoms with E-state index in [1.54, 1.807) is 11.3 Å². The van der Waals surface area contributed by atoms with Gasteiger partial charge in [0.1, 0.15) is 0 Å². The number of nitrogens with one attached hydrogen (secondary N) is 1. The lowest BCUT2D eigenvalue weighted by atomic mass is 10.2. The SMILES string of the molecule is CCc1ncc(CNc2ccc(C)c(I)c2)s1. The van der Waals surface area contributed by atoms with Crippen LogP contribution >= 0.6 is 33.9 Å². The number of thiazole rings is 1. The molecule has 0 atom stereocenters. The fraction of sp³-hybridized carbons (Fsp3) is 0.308. The van der Waals surface area contributed by atoms with Crippen molar-refractivity contribution >= 4 is 39.6 Å². The van der Waals surface area contributed by atoms with E-state index in [9.17, 15) is 0 Å². The van der Waals surface area contributed by atoms with Crippen molar-refractivity contribution < 1.29 is 0 Å². The van der Waals surface area contributed by atoms with Crippen molar-refractivity contribution in [1.82, 2.24) is 4.98 Å². The number of anilines is 1. The van der Waals surface area contributed by atoms with Crippen molar-refractivity contribution in [2.75, 3.05) is 5.32 Å². The molecule has 2 nitrogen and oxygen atoms in total. The van der Waals surface area contributed by atoms with Crippen LogP contribution < -0.4 is 5.32 Å². The van der Waals surface area contributed by atoms with Gasteiger partial charge in [-0.15, -0.1) is 11.3 Å². The van der Waals surface area contributed by atoms with Gasteiger partial charge in [0.2, 0.25) is 0 Å². The number of aryl methyl sites for hydroxylation is 2. The summed E-state index contributed by atoms with van der Waals surface area (Å²) in [6.07, 6.45) is 2.99. The first-order chi connectivity index (χ1) is 8.19. The maximum Gasteiger partial charge on any atom is 0.0925 e. The van der Waals surface area contributed by atoms with E-state index in [0.29, 0.717) is 0 Å².